The largest absolute Gasteiger partial charge is 0.395 e. The number of nitrogens with one attached hydrogen (secondary N) is 1. The molecule has 7 heteroatoms. The van der Waals surface area contributed by atoms with E-state index in [1.165, 1.54) is 11.3 Å². The maximum atomic E-state index is 9.24. The van der Waals surface area contributed by atoms with Gasteiger partial charge in [0.15, 0.2) is 0 Å². The number of hydrogen-bond donors (Lipinski definition) is 2. The summed E-state index contributed by atoms with van der Waals surface area (Å²) in [5.74, 6) is 1.92. The van der Waals surface area contributed by atoms with Crippen molar-refractivity contribution in [2.75, 3.05) is 11.9 Å². The van der Waals surface area contributed by atoms with Gasteiger partial charge in [-0.05, 0) is 37.6 Å². The van der Waals surface area contributed by atoms with Crippen LogP contribution in [0.4, 0.5) is 5.82 Å². The van der Waals surface area contributed by atoms with Gasteiger partial charge in [0.1, 0.15) is 22.8 Å². The average Bonchev–Trinajstić information content (AvgIpc) is 3.09. The maximum Gasteiger partial charge on any atom is 0.138 e. The minimum absolute atomic E-state index is 0.154. The molecule has 3 heterocycles. The first kappa shape index (κ1) is 15.5. The maximum absolute atomic E-state index is 9.24. The van der Waals surface area contributed by atoms with Crippen molar-refractivity contribution >= 4 is 27.4 Å². The molecule has 6 nitrogen and oxygen atoms in total. The Bertz CT molecular complexity index is 885. The molecule has 0 saturated carbocycles. The molecule has 0 aliphatic heterocycles. The number of anilines is 1. The Hall–Kier alpha value is -1.99. The minimum atomic E-state index is 0.154. The standard InChI is InChI=1S/C17H21N5OS/c1-10-8-24-17-15(10)16(18-9-19-17)21-12-3-4-14-13(7-12)20-11(2)22(14)5-6-23/h8-9,12,23H,3-7H2,1-2H3,(H,18,19,21). The fourth-order valence-electron chi connectivity index (χ4n) is 3.60. The fourth-order valence-corrected chi connectivity index (χ4v) is 4.49. The number of fused-ring (bicyclic) bond motifs is 2. The van der Waals surface area contributed by atoms with Crippen LogP contribution in [0.2, 0.25) is 0 Å². The SMILES string of the molecule is Cc1csc2ncnc(NC3CCc4c(nc(C)n4CCO)C3)c12. The molecule has 1 unspecified atom stereocenters. The molecule has 0 aromatic carbocycles. The molecule has 0 fully saturated rings. The van der Waals surface area contributed by atoms with Gasteiger partial charge in [0.25, 0.3) is 0 Å². The summed E-state index contributed by atoms with van der Waals surface area (Å²) in [7, 11) is 0. The summed E-state index contributed by atoms with van der Waals surface area (Å²) in [6.07, 6.45) is 4.54. The van der Waals surface area contributed by atoms with Crippen LogP contribution < -0.4 is 5.32 Å². The van der Waals surface area contributed by atoms with E-state index in [-0.39, 0.29) is 6.61 Å². The molecule has 126 valence electrons. The second-order valence-electron chi connectivity index (χ2n) is 6.33. The zero-order chi connectivity index (χ0) is 16.7. The van der Waals surface area contributed by atoms with Crippen molar-refractivity contribution in [3.63, 3.8) is 0 Å². The molecule has 0 bridgehead atoms. The third-order valence-electron chi connectivity index (χ3n) is 4.73. The summed E-state index contributed by atoms with van der Waals surface area (Å²) < 4.78 is 2.15. The van der Waals surface area contributed by atoms with Gasteiger partial charge in [-0.2, -0.15) is 0 Å². The first-order chi connectivity index (χ1) is 11.7. The minimum Gasteiger partial charge on any atom is -0.395 e. The average molecular weight is 343 g/mol. The quantitative estimate of drug-likeness (QED) is 0.761. The van der Waals surface area contributed by atoms with Crippen LogP contribution in [0, 0.1) is 13.8 Å². The Balaban J connectivity index is 1.59. The fraction of sp³-hybridized carbons (Fsp3) is 0.471. The second kappa shape index (κ2) is 6.14. The number of imidazole rings is 1. The van der Waals surface area contributed by atoms with Gasteiger partial charge in [0, 0.05) is 24.7 Å². The predicted molar refractivity (Wildman–Crippen MR) is 95.6 cm³/mol. The zero-order valence-electron chi connectivity index (χ0n) is 13.9. The molecular formula is C17H21N5OS. The Kier molecular flexibility index (Phi) is 3.97. The third kappa shape index (κ3) is 2.57. The van der Waals surface area contributed by atoms with E-state index in [1.807, 2.05) is 6.92 Å². The van der Waals surface area contributed by atoms with Crippen LogP contribution >= 0.6 is 11.3 Å². The van der Waals surface area contributed by atoms with Crippen molar-refractivity contribution in [3.05, 3.63) is 34.5 Å². The molecule has 3 aromatic heterocycles. The van der Waals surface area contributed by atoms with E-state index in [2.05, 4.69) is 32.2 Å². The monoisotopic (exact) mass is 343 g/mol. The Morgan fingerprint density at radius 1 is 1.38 bits per heavy atom. The molecule has 1 atom stereocenters. The van der Waals surface area contributed by atoms with Crippen LogP contribution in [0.1, 0.15) is 29.2 Å². The Labute approximate surface area is 144 Å². The highest BCUT2D eigenvalue weighted by molar-refractivity contribution is 7.17. The summed E-state index contributed by atoms with van der Waals surface area (Å²) in [6, 6.07) is 0.326. The van der Waals surface area contributed by atoms with E-state index in [1.54, 1.807) is 17.7 Å². The van der Waals surface area contributed by atoms with E-state index >= 15 is 0 Å². The van der Waals surface area contributed by atoms with Crippen molar-refractivity contribution in [3.8, 4) is 0 Å². The second-order valence-corrected chi connectivity index (χ2v) is 7.19. The van der Waals surface area contributed by atoms with Crippen LogP contribution in [-0.2, 0) is 19.4 Å². The van der Waals surface area contributed by atoms with Crippen LogP contribution in [-0.4, -0.2) is 37.3 Å². The number of rotatable bonds is 4. The highest BCUT2D eigenvalue weighted by Gasteiger charge is 2.25. The molecule has 0 radical (unpaired) electrons. The number of hydrogen-bond acceptors (Lipinski definition) is 6. The first-order valence-electron chi connectivity index (χ1n) is 8.28. The lowest BCUT2D eigenvalue weighted by Gasteiger charge is -2.24. The highest BCUT2D eigenvalue weighted by Crippen LogP contribution is 2.30. The van der Waals surface area contributed by atoms with E-state index in [4.69, 9.17) is 4.98 Å². The number of aromatic nitrogens is 4. The number of aliphatic hydroxyl groups excluding tert-OH is 1. The van der Waals surface area contributed by atoms with Gasteiger partial charge in [-0.15, -0.1) is 11.3 Å². The van der Waals surface area contributed by atoms with Crippen molar-refractivity contribution in [2.24, 2.45) is 0 Å². The van der Waals surface area contributed by atoms with Gasteiger partial charge in [-0.1, -0.05) is 0 Å². The van der Waals surface area contributed by atoms with E-state index in [0.717, 1.165) is 46.8 Å². The van der Waals surface area contributed by atoms with E-state index < -0.39 is 0 Å². The van der Waals surface area contributed by atoms with Crippen molar-refractivity contribution < 1.29 is 5.11 Å². The number of aliphatic hydroxyl groups is 1. The molecule has 0 amide bonds. The molecular weight excluding hydrogens is 322 g/mol. The van der Waals surface area contributed by atoms with Crippen LogP contribution in [0.3, 0.4) is 0 Å². The van der Waals surface area contributed by atoms with Gasteiger partial charge in [0.05, 0.1) is 17.7 Å². The summed E-state index contributed by atoms with van der Waals surface area (Å²) in [4.78, 5) is 14.6. The van der Waals surface area contributed by atoms with Gasteiger partial charge in [0.2, 0.25) is 0 Å². The van der Waals surface area contributed by atoms with Crippen molar-refractivity contribution in [2.45, 2.75) is 45.7 Å². The van der Waals surface area contributed by atoms with E-state index in [0.29, 0.717) is 12.6 Å². The third-order valence-corrected chi connectivity index (χ3v) is 5.74. The smallest absolute Gasteiger partial charge is 0.138 e. The Morgan fingerprint density at radius 3 is 3.08 bits per heavy atom. The molecule has 0 spiro atoms. The number of nitrogens with zero attached hydrogens (tertiary/aromatic N) is 4. The van der Waals surface area contributed by atoms with Crippen LogP contribution in [0.25, 0.3) is 10.2 Å². The Morgan fingerprint density at radius 2 is 2.25 bits per heavy atom. The summed E-state index contributed by atoms with van der Waals surface area (Å²) in [6.45, 7) is 4.90. The molecule has 4 rings (SSSR count). The lowest BCUT2D eigenvalue weighted by Crippen LogP contribution is -2.29. The van der Waals surface area contributed by atoms with Gasteiger partial charge >= 0.3 is 0 Å². The normalized spacial score (nSPS) is 17.2. The van der Waals surface area contributed by atoms with Gasteiger partial charge < -0.3 is 15.0 Å². The van der Waals surface area contributed by atoms with Gasteiger partial charge in [-0.25, -0.2) is 15.0 Å². The van der Waals surface area contributed by atoms with Crippen LogP contribution in [0.15, 0.2) is 11.7 Å². The molecule has 1 aliphatic carbocycles. The highest BCUT2D eigenvalue weighted by atomic mass is 32.1. The number of thiophene rings is 1. The zero-order valence-corrected chi connectivity index (χ0v) is 14.7. The molecule has 2 N–H and O–H groups in total. The van der Waals surface area contributed by atoms with Crippen molar-refractivity contribution in [1.82, 2.24) is 19.5 Å². The first-order valence-corrected chi connectivity index (χ1v) is 9.16. The topological polar surface area (TPSA) is 75.9 Å². The summed E-state index contributed by atoms with van der Waals surface area (Å²) >= 11 is 1.66. The summed E-state index contributed by atoms with van der Waals surface area (Å²) in [5, 5.41) is 16.1. The molecule has 3 aromatic rings. The van der Waals surface area contributed by atoms with Crippen molar-refractivity contribution in [1.29, 1.82) is 0 Å². The molecule has 0 saturated heterocycles. The van der Waals surface area contributed by atoms with Gasteiger partial charge in [-0.3, -0.25) is 0 Å². The molecule has 24 heavy (non-hydrogen) atoms. The van der Waals surface area contributed by atoms with E-state index in [9.17, 15) is 5.11 Å². The van der Waals surface area contributed by atoms with Crippen LogP contribution in [0.5, 0.6) is 0 Å². The lowest BCUT2D eigenvalue weighted by atomic mass is 9.95. The summed E-state index contributed by atoms with van der Waals surface area (Å²) in [5.41, 5.74) is 3.65. The predicted octanol–water partition coefficient (Wildman–Crippen LogP) is 2.47. The molecule has 1 aliphatic rings. The lowest BCUT2D eigenvalue weighted by molar-refractivity contribution is 0.272. The number of aryl methyl sites for hydroxylation is 2.